The molecule has 4 aromatic rings. The Morgan fingerprint density at radius 3 is 2.26 bits per heavy atom. The van der Waals surface area contributed by atoms with Crippen LogP contribution in [0.1, 0.15) is 11.1 Å². The molecule has 0 unspecified atom stereocenters. The minimum atomic E-state index is -0.740. The summed E-state index contributed by atoms with van der Waals surface area (Å²) >= 11 is 5.95. The molecule has 1 aromatic heterocycles. The lowest BCUT2D eigenvalue weighted by atomic mass is 10.1. The predicted molar refractivity (Wildman–Crippen MR) is 133 cm³/mol. The number of amides is 1. The Balaban J connectivity index is 1.55. The molecule has 0 aliphatic heterocycles. The molecule has 0 aliphatic carbocycles. The van der Waals surface area contributed by atoms with E-state index in [0.717, 1.165) is 16.9 Å². The number of nitrogens with zero attached hydrogens (tertiary/aromatic N) is 2. The molecular formula is C26H24ClN3O4. The molecule has 1 N–H and O–H groups in total. The fourth-order valence-corrected chi connectivity index (χ4v) is 3.96. The first kappa shape index (κ1) is 23.3. The van der Waals surface area contributed by atoms with Gasteiger partial charge < -0.3 is 10.1 Å². The number of hydrogen-bond acceptors (Lipinski definition) is 4. The van der Waals surface area contributed by atoms with Crippen LogP contribution in [0.25, 0.3) is 11.0 Å². The van der Waals surface area contributed by atoms with Crippen molar-refractivity contribution in [3.05, 3.63) is 110 Å². The van der Waals surface area contributed by atoms with E-state index >= 15 is 0 Å². The van der Waals surface area contributed by atoms with Gasteiger partial charge in [0.1, 0.15) is 12.3 Å². The summed E-state index contributed by atoms with van der Waals surface area (Å²) in [6.45, 7) is 0.375. The van der Waals surface area contributed by atoms with E-state index in [9.17, 15) is 14.4 Å². The zero-order chi connectivity index (χ0) is 24.1. The molecule has 34 heavy (non-hydrogen) atoms. The number of carbonyl (C=O) groups is 1. The van der Waals surface area contributed by atoms with Gasteiger partial charge in [0, 0.05) is 11.6 Å². The average Bonchev–Trinajstić information content (AvgIpc) is 2.86. The summed E-state index contributed by atoms with van der Waals surface area (Å²) in [7, 11) is 1.60. The summed E-state index contributed by atoms with van der Waals surface area (Å²) in [6, 6.07) is 21.8. The number of nitrogens with one attached hydrogen (secondary N) is 1. The molecule has 4 rings (SSSR count). The fourth-order valence-electron chi connectivity index (χ4n) is 3.83. The molecule has 0 radical (unpaired) electrons. The molecule has 0 atom stereocenters. The van der Waals surface area contributed by atoms with E-state index in [1.165, 1.54) is 9.13 Å². The highest BCUT2D eigenvalue weighted by molar-refractivity contribution is 6.30. The second kappa shape index (κ2) is 10.4. The fraction of sp³-hybridized carbons (Fsp3) is 0.192. The first-order valence-electron chi connectivity index (χ1n) is 10.8. The van der Waals surface area contributed by atoms with Crippen molar-refractivity contribution in [3.8, 4) is 5.75 Å². The van der Waals surface area contributed by atoms with Crippen LogP contribution in [0.5, 0.6) is 5.75 Å². The highest BCUT2D eigenvalue weighted by Gasteiger charge is 2.15. The van der Waals surface area contributed by atoms with Gasteiger partial charge in [0.25, 0.3) is 0 Å². The topological polar surface area (TPSA) is 82.3 Å². The third-order valence-corrected chi connectivity index (χ3v) is 5.81. The quantitative estimate of drug-likeness (QED) is 0.395. The van der Waals surface area contributed by atoms with Crippen LogP contribution in [0.4, 0.5) is 0 Å². The van der Waals surface area contributed by atoms with Crippen LogP contribution >= 0.6 is 11.6 Å². The minimum absolute atomic E-state index is 0.222. The molecule has 0 aliphatic rings. The van der Waals surface area contributed by atoms with E-state index < -0.39 is 11.1 Å². The van der Waals surface area contributed by atoms with Gasteiger partial charge >= 0.3 is 11.1 Å². The Morgan fingerprint density at radius 2 is 1.56 bits per heavy atom. The average molecular weight is 478 g/mol. The number of para-hydroxylation sites is 2. The lowest BCUT2D eigenvalue weighted by Crippen LogP contribution is -2.44. The molecule has 1 heterocycles. The molecule has 0 bridgehead atoms. The first-order chi connectivity index (χ1) is 16.5. The van der Waals surface area contributed by atoms with Crippen LogP contribution in [-0.4, -0.2) is 28.7 Å². The SMILES string of the molecule is COc1cccc(CCNC(=O)Cn2c(=O)c(=O)n(Cc3ccc(Cl)cc3)c3ccccc32)c1. The van der Waals surface area contributed by atoms with Gasteiger partial charge in [-0.1, -0.05) is 48.0 Å². The van der Waals surface area contributed by atoms with Gasteiger partial charge in [0.05, 0.1) is 24.7 Å². The highest BCUT2D eigenvalue weighted by atomic mass is 35.5. The molecule has 1 amide bonds. The van der Waals surface area contributed by atoms with E-state index in [2.05, 4.69) is 5.32 Å². The van der Waals surface area contributed by atoms with Crippen molar-refractivity contribution in [2.75, 3.05) is 13.7 Å². The molecule has 7 nitrogen and oxygen atoms in total. The first-order valence-corrected chi connectivity index (χ1v) is 11.2. The number of hydrogen-bond donors (Lipinski definition) is 1. The number of aromatic nitrogens is 2. The maximum Gasteiger partial charge on any atom is 0.317 e. The standard InChI is InChI=1S/C26H24ClN3O4/c1-34-21-6-4-5-18(15-21)13-14-28-24(31)17-30-23-8-3-2-7-22(23)29(25(32)26(30)33)16-19-9-11-20(27)12-10-19/h2-12,15H,13-14,16-17H2,1H3,(H,28,31). The van der Waals surface area contributed by atoms with E-state index in [1.54, 1.807) is 43.5 Å². The van der Waals surface area contributed by atoms with Crippen molar-refractivity contribution in [3.63, 3.8) is 0 Å². The summed E-state index contributed by atoms with van der Waals surface area (Å²) in [5, 5.41) is 3.42. The molecule has 0 saturated heterocycles. The zero-order valence-corrected chi connectivity index (χ0v) is 19.4. The molecule has 174 valence electrons. The largest absolute Gasteiger partial charge is 0.497 e. The summed E-state index contributed by atoms with van der Waals surface area (Å²) in [6.07, 6.45) is 0.612. The van der Waals surface area contributed by atoms with Crippen molar-refractivity contribution in [1.29, 1.82) is 0 Å². The van der Waals surface area contributed by atoms with Gasteiger partial charge in [-0.2, -0.15) is 0 Å². The predicted octanol–water partition coefficient (Wildman–Crippen LogP) is 3.23. The maximum absolute atomic E-state index is 13.0. The molecule has 0 saturated carbocycles. The molecule has 0 spiro atoms. The smallest absolute Gasteiger partial charge is 0.317 e. The zero-order valence-electron chi connectivity index (χ0n) is 18.7. The number of carbonyl (C=O) groups excluding carboxylic acids is 1. The van der Waals surface area contributed by atoms with E-state index in [4.69, 9.17) is 16.3 Å². The number of halogens is 1. The van der Waals surface area contributed by atoms with Crippen molar-refractivity contribution < 1.29 is 9.53 Å². The van der Waals surface area contributed by atoms with Crippen molar-refractivity contribution in [2.24, 2.45) is 0 Å². The molecule has 3 aromatic carbocycles. The molecule has 8 heteroatoms. The third-order valence-electron chi connectivity index (χ3n) is 5.56. The monoisotopic (exact) mass is 477 g/mol. The number of methoxy groups -OCH3 is 1. The Bertz CT molecular complexity index is 1440. The third kappa shape index (κ3) is 5.21. The van der Waals surface area contributed by atoms with Crippen molar-refractivity contribution in [1.82, 2.24) is 14.5 Å². The van der Waals surface area contributed by atoms with Crippen molar-refractivity contribution >= 4 is 28.5 Å². The molecule has 0 fully saturated rings. The summed E-state index contributed by atoms with van der Waals surface area (Å²) in [5.41, 5.74) is 1.53. The second-order valence-corrected chi connectivity index (χ2v) is 8.29. The maximum atomic E-state index is 13.0. The second-order valence-electron chi connectivity index (χ2n) is 7.85. The van der Waals surface area contributed by atoms with E-state index in [0.29, 0.717) is 29.0 Å². The van der Waals surface area contributed by atoms with Gasteiger partial charge in [-0.05, 0) is 53.9 Å². The van der Waals surface area contributed by atoms with Crippen LogP contribution < -0.4 is 21.2 Å². The van der Waals surface area contributed by atoms with Gasteiger partial charge in [-0.3, -0.25) is 23.5 Å². The lowest BCUT2D eigenvalue weighted by molar-refractivity contribution is -0.121. The van der Waals surface area contributed by atoms with Crippen molar-refractivity contribution in [2.45, 2.75) is 19.5 Å². The van der Waals surface area contributed by atoms with Crippen LogP contribution in [0.2, 0.25) is 5.02 Å². The minimum Gasteiger partial charge on any atom is -0.497 e. The van der Waals surface area contributed by atoms with E-state index in [-0.39, 0.29) is 19.0 Å². The van der Waals surface area contributed by atoms with Gasteiger partial charge in [0.15, 0.2) is 0 Å². The Kier molecular flexibility index (Phi) is 7.13. The summed E-state index contributed by atoms with van der Waals surface area (Å²) < 4.78 is 7.88. The number of rotatable bonds is 8. The van der Waals surface area contributed by atoms with Gasteiger partial charge in [0.2, 0.25) is 5.91 Å². The number of ether oxygens (including phenoxy) is 1. The van der Waals surface area contributed by atoms with Crippen LogP contribution in [-0.2, 0) is 24.3 Å². The van der Waals surface area contributed by atoms with Crippen LogP contribution in [0.3, 0.4) is 0 Å². The van der Waals surface area contributed by atoms with Gasteiger partial charge in [-0.25, -0.2) is 0 Å². The van der Waals surface area contributed by atoms with Gasteiger partial charge in [-0.15, -0.1) is 0 Å². The molecular weight excluding hydrogens is 454 g/mol. The Labute approximate surface area is 201 Å². The lowest BCUT2D eigenvalue weighted by Gasteiger charge is -2.15. The number of benzene rings is 3. The van der Waals surface area contributed by atoms with Crippen LogP contribution in [0, 0.1) is 0 Å². The van der Waals surface area contributed by atoms with Crippen LogP contribution in [0.15, 0.2) is 82.4 Å². The number of fused-ring (bicyclic) bond motifs is 1. The Hall–Kier alpha value is -3.84. The normalized spacial score (nSPS) is 10.9. The summed E-state index contributed by atoms with van der Waals surface area (Å²) in [4.78, 5) is 38.6. The highest BCUT2D eigenvalue weighted by Crippen LogP contribution is 2.15. The summed E-state index contributed by atoms with van der Waals surface area (Å²) in [5.74, 6) is 0.408. The van der Waals surface area contributed by atoms with E-state index in [1.807, 2.05) is 36.4 Å². The Morgan fingerprint density at radius 1 is 0.882 bits per heavy atom.